The minimum Gasteiger partial charge on any atom is -0.383 e. The Morgan fingerprint density at radius 3 is 2.62 bits per heavy atom. The van der Waals surface area contributed by atoms with E-state index in [0.717, 1.165) is 6.07 Å². The number of anilines is 2. The molecule has 2 aromatic carbocycles. The number of nitrogens with zero attached hydrogens (tertiary/aromatic N) is 3. The molecule has 4 rings (SSSR count). The van der Waals surface area contributed by atoms with Crippen molar-refractivity contribution in [3.63, 3.8) is 0 Å². The Morgan fingerprint density at radius 1 is 1.16 bits per heavy atom. The van der Waals surface area contributed by atoms with Crippen molar-refractivity contribution >= 4 is 28.4 Å². The number of nitrogens with two attached hydrogens (primary N) is 1. The predicted octanol–water partition coefficient (Wildman–Crippen LogP) is 3.78. The van der Waals surface area contributed by atoms with Crippen LogP contribution >= 0.6 is 0 Å². The second-order valence-corrected chi connectivity index (χ2v) is 7.55. The van der Waals surface area contributed by atoms with Crippen LogP contribution in [-0.2, 0) is 11.8 Å². The number of benzene rings is 2. The van der Waals surface area contributed by atoms with Crippen LogP contribution in [0.1, 0.15) is 23.1 Å². The van der Waals surface area contributed by atoms with Crippen molar-refractivity contribution in [1.82, 2.24) is 14.5 Å². The number of nitrogens with one attached hydrogen (secondary N) is 1. The molecule has 0 bridgehead atoms. The average molecular weight is 437 g/mol. The number of fused-ring (bicyclic) bond motifs is 1. The van der Waals surface area contributed by atoms with Crippen molar-refractivity contribution in [1.29, 1.82) is 0 Å². The third-order valence-corrected chi connectivity index (χ3v) is 5.30. The van der Waals surface area contributed by atoms with E-state index in [-0.39, 0.29) is 16.8 Å². The van der Waals surface area contributed by atoms with Gasteiger partial charge in [0.05, 0.1) is 11.1 Å². The highest BCUT2D eigenvalue weighted by atomic mass is 19.1. The van der Waals surface area contributed by atoms with E-state index in [1.807, 2.05) is 7.05 Å². The number of hydrogen-bond donors (Lipinski definition) is 3. The number of nitrogen functional groups attached to an aromatic ring is 1. The SMILES string of the molecule is Cc1nc(N)c2c(-c3ccc(NC(=O)[C@@H](O)c4cccc(F)c4)c(F)c3C)cn(C)c2n1. The predicted molar refractivity (Wildman–Crippen MR) is 118 cm³/mol. The first-order valence-electron chi connectivity index (χ1n) is 9.80. The van der Waals surface area contributed by atoms with Gasteiger partial charge in [0.1, 0.15) is 28.9 Å². The Kier molecular flexibility index (Phi) is 5.35. The minimum atomic E-state index is -1.65. The van der Waals surface area contributed by atoms with E-state index in [1.165, 1.54) is 24.3 Å². The summed E-state index contributed by atoms with van der Waals surface area (Å²) in [5, 5.41) is 13.2. The first kappa shape index (κ1) is 21.4. The lowest BCUT2D eigenvalue weighted by Crippen LogP contribution is -2.21. The molecule has 7 nitrogen and oxygen atoms in total. The Labute approximate surface area is 182 Å². The number of rotatable bonds is 4. The lowest BCUT2D eigenvalue weighted by atomic mass is 9.99. The number of amides is 1. The summed E-state index contributed by atoms with van der Waals surface area (Å²) in [4.78, 5) is 21.0. The molecule has 32 heavy (non-hydrogen) atoms. The lowest BCUT2D eigenvalue weighted by Gasteiger charge is -2.15. The van der Waals surface area contributed by atoms with Gasteiger partial charge in [-0.15, -0.1) is 0 Å². The molecule has 2 heterocycles. The largest absolute Gasteiger partial charge is 0.383 e. The number of aromatic nitrogens is 3. The fourth-order valence-electron chi connectivity index (χ4n) is 3.72. The number of aryl methyl sites for hydroxylation is 2. The van der Waals surface area contributed by atoms with Gasteiger partial charge in [0.25, 0.3) is 5.91 Å². The number of aliphatic hydroxyl groups excluding tert-OH is 1. The highest BCUT2D eigenvalue weighted by Crippen LogP contribution is 2.36. The normalized spacial score (nSPS) is 12.2. The third-order valence-electron chi connectivity index (χ3n) is 5.30. The number of hydrogen-bond acceptors (Lipinski definition) is 5. The molecule has 0 fully saturated rings. The van der Waals surface area contributed by atoms with Crippen LogP contribution in [-0.4, -0.2) is 25.5 Å². The average Bonchev–Trinajstić information content (AvgIpc) is 3.07. The molecule has 1 atom stereocenters. The molecule has 4 N–H and O–H groups in total. The molecule has 0 spiro atoms. The molecule has 164 valence electrons. The van der Waals surface area contributed by atoms with Crippen LogP contribution in [0.5, 0.6) is 0 Å². The van der Waals surface area contributed by atoms with Crippen molar-refractivity contribution in [3.8, 4) is 11.1 Å². The van der Waals surface area contributed by atoms with Gasteiger partial charge in [-0.25, -0.2) is 18.7 Å². The first-order valence-corrected chi connectivity index (χ1v) is 9.80. The fourth-order valence-corrected chi connectivity index (χ4v) is 3.72. The van der Waals surface area contributed by atoms with Crippen LogP contribution in [0.25, 0.3) is 22.2 Å². The van der Waals surface area contributed by atoms with Gasteiger partial charge in [0.2, 0.25) is 0 Å². The van der Waals surface area contributed by atoms with Gasteiger partial charge in [0, 0.05) is 18.8 Å². The Hall–Kier alpha value is -3.85. The minimum absolute atomic E-state index is 0.0674. The molecule has 0 aliphatic rings. The van der Waals surface area contributed by atoms with Gasteiger partial charge in [-0.05, 0) is 48.7 Å². The van der Waals surface area contributed by atoms with Crippen molar-refractivity contribution in [3.05, 3.63) is 71.2 Å². The van der Waals surface area contributed by atoms with Gasteiger partial charge < -0.3 is 20.7 Å². The maximum Gasteiger partial charge on any atom is 0.257 e. The molecular formula is C23H21F2N5O2. The van der Waals surface area contributed by atoms with E-state index >= 15 is 4.39 Å². The van der Waals surface area contributed by atoms with E-state index < -0.39 is 23.6 Å². The lowest BCUT2D eigenvalue weighted by molar-refractivity contribution is -0.124. The number of aliphatic hydroxyl groups is 1. The maximum absolute atomic E-state index is 15.2. The number of carbonyl (C=O) groups excluding carboxylic acids is 1. The van der Waals surface area contributed by atoms with Crippen LogP contribution in [0.3, 0.4) is 0 Å². The molecular weight excluding hydrogens is 416 g/mol. The Bertz CT molecular complexity index is 1370. The molecule has 4 aromatic rings. The number of carbonyl (C=O) groups is 1. The number of halogens is 2. The molecule has 2 aromatic heterocycles. The maximum atomic E-state index is 15.2. The monoisotopic (exact) mass is 437 g/mol. The van der Waals surface area contributed by atoms with E-state index in [9.17, 15) is 14.3 Å². The van der Waals surface area contributed by atoms with E-state index in [0.29, 0.717) is 33.8 Å². The van der Waals surface area contributed by atoms with E-state index in [1.54, 1.807) is 30.7 Å². The summed E-state index contributed by atoms with van der Waals surface area (Å²) in [7, 11) is 1.81. The zero-order chi connectivity index (χ0) is 23.2. The van der Waals surface area contributed by atoms with Gasteiger partial charge >= 0.3 is 0 Å². The topological polar surface area (TPSA) is 106 Å². The fraction of sp³-hybridized carbons (Fsp3) is 0.174. The molecule has 9 heteroatoms. The van der Waals surface area contributed by atoms with E-state index in [2.05, 4.69) is 15.3 Å². The van der Waals surface area contributed by atoms with Crippen LogP contribution in [0.4, 0.5) is 20.3 Å². The van der Waals surface area contributed by atoms with E-state index in [4.69, 9.17) is 5.73 Å². The highest BCUT2D eigenvalue weighted by Gasteiger charge is 2.22. The van der Waals surface area contributed by atoms with Crippen molar-refractivity contribution in [2.75, 3.05) is 11.1 Å². The summed E-state index contributed by atoms with van der Waals surface area (Å²) in [5.41, 5.74) is 8.21. The second-order valence-electron chi connectivity index (χ2n) is 7.55. The smallest absolute Gasteiger partial charge is 0.257 e. The summed E-state index contributed by atoms with van der Waals surface area (Å²) in [6, 6.07) is 8.08. The summed E-state index contributed by atoms with van der Waals surface area (Å²) < 4.78 is 30.4. The standard InChI is InChI=1S/C23H21F2N5O2/c1-11-15(16-10-30(3)22-18(16)21(26)27-12(2)28-22)7-8-17(19(11)25)29-23(32)20(31)13-5-4-6-14(24)9-13/h4-10,20,31H,1-3H3,(H,29,32)(H2,26,27,28)/t20-/m0/s1. The molecule has 0 saturated heterocycles. The van der Waals surface area contributed by atoms with Crippen molar-refractivity contribution in [2.24, 2.45) is 7.05 Å². The highest BCUT2D eigenvalue weighted by molar-refractivity contribution is 6.02. The summed E-state index contributed by atoms with van der Waals surface area (Å²) in [6.45, 7) is 3.32. The Balaban J connectivity index is 1.69. The van der Waals surface area contributed by atoms with Crippen LogP contribution in [0.15, 0.2) is 42.6 Å². The molecule has 0 unspecified atom stereocenters. The first-order chi connectivity index (χ1) is 15.2. The van der Waals surface area contributed by atoms with Crippen LogP contribution in [0, 0.1) is 25.5 Å². The van der Waals surface area contributed by atoms with Gasteiger partial charge in [-0.1, -0.05) is 18.2 Å². The van der Waals surface area contributed by atoms with Crippen molar-refractivity contribution in [2.45, 2.75) is 20.0 Å². The van der Waals surface area contributed by atoms with Gasteiger partial charge in [-0.3, -0.25) is 4.79 Å². The molecule has 0 aliphatic heterocycles. The third kappa shape index (κ3) is 3.67. The van der Waals surface area contributed by atoms with Gasteiger partial charge in [-0.2, -0.15) is 0 Å². The van der Waals surface area contributed by atoms with Gasteiger partial charge in [0.15, 0.2) is 6.10 Å². The second kappa shape index (κ2) is 8.01. The van der Waals surface area contributed by atoms with Crippen molar-refractivity contribution < 1.29 is 18.7 Å². The molecule has 1 amide bonds. The molecule has 0 aliphatic carbocycles. The zero-order valence-electron chi connectivity index (χ0n) is 17.6. The van der Waals surface area contributed by atoms with Crippen LogP contribution in [0.2, 0.25) is 0 Å². The Morgan fingerprint density at radius 2 is 1.91 bits per heavy atom. The van der Waals surface area contributed by atoms with Crippen LogP contribution < -0.4 is 11.1 Å². The molecule has 0 radical (unpaired) electrons. The zero-order valence-corrected chi connectivity index (χ0v) is 17.6. The molecule has 0 saturated carbocycles. The summed E-state index contributed by atoms with van der Waals surface area (Å²) in [5.74, 6) is -1.31. The quantitative estimate of drug-likeness (QED) is 0.451. The summed E-state index contributed by atoms with van der Waals surface area (Å²) in [6.07, 6.45) is 0.145. The summed E-state index contributed by atoms with van der Waals surface area (Å²) >= 11 is 0.